The molecule has 0 aliphatic carbocycles. The number of hydrogen-bond donors (Lipinski definition) is 1. The van der Waals surface area contributed by atoms with Crippen LogP contribution in [0.4, 0.5) is 5.13 Å². The molecule has 114 valence electrons. The Labute approximate surface area is 130 Å². The van der Waals surface area contributed by atoms with E-state index < -0.39 is 0 Å². The lowest BCUT2D eigenvalue weighted by Gasteiger charge is -1.99. The summed E-state index contributed by atoms with van der Waals surface area (Å²) in [7, 11) is 1.85. The van der Waals surface area contributed by atoms with Crippen LogP contribution in [0.2, 0.25) is 0 Å². The molecule has 0 atom stereocenters. The molecule has 0 aliphatic rings. The number of rotatable bonds is 5. The van der Waals surface area contributed by atoms with Crippen molar-refractivity contribution in [2.24, 2.45) is 7.05 Å². The van der Waals surface area contributed by atoms with Crippen LogP contribution >= 0.6 is 11.3 Å². The highest BCUT2D eigenvalue weighted by Crippen LogP contribution is 2.24. The molecule has 0 spiro atoms. The molecule has 0 fully saturated rings. The van der Waals surface area contributed by atoms with Gasteiger partial charge in [-0.25, -0.2) is 4.98 Å². The molecule has 3 aromatic rings. The molecular weight excluding hydrogens is 302 g/mol. The predicted molar refractivity (Wildman–Crippen MR) is 82.3 cm³/mol. The van der Waals surface area contributed by atoms with Crippen LogP contribution in [0.5, 0.6) is 0 Å². The van der Waals surface area contributed by atoms with Gasteiger partial charge in [-0.05, 0) is 13.0 Å². The van der Waals surface area contributed by atoms with Gasteiger partial charge in [-0.15, -0.1) is 16.4 Å². The number of aromatic nitrogens is 6. The Morgan fingerprint density at radius 1 is 1.45 bits per heavy atom. The number of thiazole rings is 1. The van der Waals surface area contributed by atoms with Gasteiger partial charge in [-0.3, -0.25) is 14.2 Å². The second-order valence-corrected chi connectivity index (χ2v) is 5.53. The summed E-state index contributed by atoms with van der Waals surface area (Å²) in [6.07, 6.45) is 3.66. The lowest BCUT2D eigenvalue weighted by Crippen LogP contribution is -2.14. The van der Waals surface area contributed by atoms with Crippen molar-refractivity contribution in [3.63, 3.8) is 0 Å². The normalized spacial score (nSPS) is 10.8. The highest BCUT2D eigenvalue weighted by Gasteiger charge is 2.12. The molecule has 1 amide bonds. The molecule has 0 unspecified atom stereocenters. The largest absolute Gasteiger partial charge is 0.302 e. The van der Waals surface area contributed by atoms with Gasteiger partial charge in [0.2, 0.25) is 5.91 Å². The van der Waals surface area contributed by atoms with Gasteiger partial charge in [0.1, 0.15) is 5.69 Å². The molecule has 3 rings (SSSR count). The molecule has 0 saturated carbocycles. The zero-order valence-electron chi connectivity index (χ0n) is 12.2. The molecule has 0 aliphatic heterocycles. The van der Waals surface area contributed by atoms with Crippen LogP contribution in [-0.2, 0) is 24.8 Å². The summed E-state index contributed by atoms with van der Waals surface area (Å²) in [4.78, 5) is 16.4. The van der Waals surface area contributed by atoms with Crippen LogP contribution in [0.1, 0.15) is 12.6 Å². The fourth-order valence-electron chi connectivity index (χ4n) is 1.98. The van der Waals surface area contributed by atoms with E-state index in [-0.39, 0.29) is 12.3 Å². The van der Waals surface area contributed by atoms with E-state index in [1.807, 2.05) is 25.4 Å². The zero-order valence-corrected chi connectivity index (χ0v) is 13.0. The van der Waals surface area contributed by atoms with Crippen molar-refractivity contribution in [1.82, 2.24) is 29.8 Å². The lowest BCUT2D eigenvalue weighted by molar-refractivity contribution is -0.115. The first-order chi connectivity index (χ1) is 10.7. The number of aryl methyl sites for hydroxylation is 2. The Bertz CT molecular complexity index is 788. The molecule has 0 saturated heterocycles. The average molecular weight is 317 g/mol. The first-order valence-electron chi connectivity index (χ1n) is 6.78. The van der Waals surface area contributed by atoms with Crippen molar-refractivity contribution < 1.29 is 4.79 Å². The fraction of sp³-hybridized carbons (Fsp3) is 0.308. The van der Waals surface area contributed by atoms with Gasteiger partial charge in [-0.1, -0.05) is 5.21 Å². The molecule has 0 bridgehead atoms. The third-order valence-corrected chi connectivity index (χ3v) is 3.84. The summed E-state index contributed by atoms with van der Waals surface area (Å²) in [5.74, 6) is -0.158. The number of carbonyl (C=O) groups excluding carboxylic acids is 1. The van der Waals surface area contributed by atoms with E-state index in [2.05, 4.69) is 25.7 Å². The molecule has 8 nitrogen and oxygen atoms in total. The van der Waals surface area contributed by atoms with E-state index in [9.17, 15) is 4.79 Å². The molecule has 3 heterocycles. The van der Waals surface area contributed by atoms with Crippen LogP contribution in [0.15, 0.2) is 23.8 Å². The van der Waals surface area contributed by atoms with Crippen LogP contribution in [0.3, 0.4) is 0 Å². The number of anilines is 1. The van der Waals surface area contributed by atoms with Crippen LogP contribution in [-0.4, -0.2) is 35.7 Å². The summed E-state index contributed by atoms with van der Waals surface area (Å²) in [5.41, 5.74) is 2.34. The third kappa shape index (κ3) is 3.03. The van der Waals surface area contributed by atoms with E-state index in [1.165, 1.54) is 11.3 Å². The highest BCUT2D eigenvalue weighted by molar-refractivity contribution is 7.14. The monoisotopic (exact) mass is 317 g/mol. The van der Waals surface area contributed by atoms with E-state index in [0.717, 1.165) is 17.9 Å². The van der Waals surface area contributed by atoms with Crippen LogP contribution < -0.4 is 5.32 Å². The van der Waals surface area contributed by atoms with Gasteiger partial charge in [0.05, 0.1) is 17.8 Å². The summed E-state index contributed by atoms with van der Waals surface area (Å²) >= 11 is 1.38. The summed E-state index contributed by atoms with van der Waals surface area (Å²) in [6.45, 7) is 2.70. The van der Waals surface area contributed by atoms with Gasteiger partial charge in [0.15, 0.2) is 5.13 Å². The number of amides is 1. The Hall–Kier alpha value is -2.55. The Morgan fingerprint density at radius 3 is 3.00 bits per heavy atom. The van der Waals surface area contributed by atoms with Crippen LogP contribution in [0, 0.1) is 0 Å². The van der Waals surface area contributed by atoms with Crippen molar-refractivity contribution >= 4 is 22.4 Å². The van der Waals surface area contributed by atoms with Gasteiger partial charge < -0.3 is 5.32 Å². The van der Waals surface area contributed by atoms with Crippen molar-refractivity contribution in [3.05, 3.63) is 29.5 Å². The number of hydrogen-bond acceptors (Lipinski definition) is 6. The van der Waals surface area contributed by atoms with Crippen molar-refractivity contribution in [3.8, 4) is 11.4 Å². The average Bonchev–Trinajstić information content (AvgIpc) is 3.20. The number of nitrogens with one attached hydrogen (secondary N) is 1. The maximum atomic E-state index is 12.0. The third-order valence-electron chi connectivity index (χ3n) is 3.09. The standard InChI is InChI=1S/C13H15N7OS/c1-3-20-7-9(17-18-20)6-12(21)16-13-15-10(8-22-13)11-4-5-14-19(11)2/h4-5,7-8H,3,6H2,1-2H3,(H,15,16,21). The minimum absolute atomic E-state index is 0.158. The molecule has 22 heavy (non-hydrogen) atoms. The summed E-state index contributed by atoms with van der Waals surface area (Å²) in [6, 6.07) is 1.88. The van der Waals surface area contributed by atoms with E-state index in [4.69, 9.17) is 0 Å². The molecule has 3 aromatic heterocycles. The molecule has 0 aromatic carbocycles. The number of nitrogens with zero attached hydrogens (tertiary/aromatic N) is 6. The summed E-state index contributed by atoms with van der Waals surface area (Å²) in [5, 5.41) is 17.2. The maximum absolute atomic E-state index is 12.0. The Balaban J connectivity index is 1.65. The van der Waals surface area contributed by atoms with Gasteiger partial charge in [-0.2, -0.15) is 5.10 Å². The molecule has 0 radical (unpaired) electrons. The first kappa shape index (κ1) is 14.4. The van der Waals surface area contributed by atoms with Gasteiger partial charge >= 0.3 is 0 Å². The Morgan fingerprint density at radius 2 is 2.32 bits per heavy atom. The quantitative estimate of drug-likeness (QED) is 0.767. The first-order valence-corrected chi connectivity index (χ1v) is 7.66. The number of carbonyl (C=O) groups is 1. The maximum Gasteiger partial charge on any atom is 0.232 e. The minimum Gasteiger partial charge on any atom is -0.302 e. The fourth-order valence-corrected chi connectivity index (χ4v) is 2.70. The van der Waals surface area contributed by atoms with Crippen molar-refractivity contribution in [2.75, 3.05) is 5.32 Å². The molecule has 9 heteroatoms. The topological polar surface area (TPSA) is 90.5 Å². The molecular formula is C13H15N7OS. The second kappa shape index (κ2) is 6.06. The Kier molecular flexibility index (Phi) is 3.96. The van der Waals surface area contributed by atoms with Crippen molar-refractivity contribution in [2.45, 2.75) is 19.9 Å². The SMILES string of the molecule is CCn1cc(CC(=O)Nc2nc(-c3ccnn3C)cs2)nn1. The van der Waals surface area contributed by atoms with E-state index in [1.54, 1.807) is 21.8 Å². The van der Waals surface area contributed by atoms with E-state index >= 15 is 0 Å². The smallest absolute Gasteiger partial charge is 0.232 e. The highest BCUT2D eigenvalue weighted by atomic mass is 32.1. The van der Waals surface area contributed by atoms with Gasteiger partial charge in [0.25, 0.3) is 0 Å². The lowest BCUT2D eigenvalue weighted by atomic mass is 10.3. The summed E-state index contributed by atoms with van der Waals surface area (Å²) < 4.78 is 3.43. The van der Waals surface area contributed by atoms with Crippen molar-refractivity contribution in [1.29, 1.82) is 0 Å². The van der Waals surface area contributed by atoms with E-state index in [0.29, 0.717) is 10.8 Å². The van der Waals surface area contributed by atoms with Gasteiger partial charge in [0, 0.05) is 31.4 Å². The minimum atomic E-state index is -0.158. The molecule has 1 N–H and O–H groups in total. The second-order valence-electron chi connectivity index (χ2n) is 4.67. The zero-order chi connectivity index (χ0) is 15.5. The van der Waals surface area contributed by atoms with Crippen LogP contribution in [0.25, 0.3) is 11.4 Å². The predicted octanol–water partition coefficient (Wildman–Crippen LogP) is 1.34.